The summed E-state index contributed by atoms with van der Waals surface area (Å²) in [4.78, 5) is 28.9. The average molecular weight is 430 g/mol. The van der Waals surface area contributed by atoms with Gasteiger partial charge in [0.25, 0.3) is 5.91 Å². The third-order valence-corrected chi connectivity index (χ3v) is 4.50. The van der Waals surface area contributed by atoms with Gasteiger partial charge in [-0.1, -0.05) is 18.2 Å². The van der Waals surface area contributed by atoms with E-state index in [1.807, 2.05) is 13.0 Å². The molecule has 0 fully saturated rings. The van der Waals surface area contributed by atoms with Crippen molar-refractivity contribution in [2.45, 2.75) is 6.92 Å². The largest absolute Gasteiger partial charge is 0.323 e. The summed E-state index contributed by atoms with van der Waals surface area (Å²) in [5.74, 6) is -0.817. The Morgan fingerprint density at radius 1 is 0.906 bits per heavy atom. The van der Waals surface area contributed by atoms with Crippen LogP contribution in [0.1, 0.15) is 16.1 Å². The van der Waals surface area contributed by atoms with Gasteiger partial charge in [0.1, 0.15) is 5.82 Å². The van der Waals surface area contributed by atoms with Gasteiger partial charge in [0.05, 0.1) is 41.3 Å². The highest BCUT2D eigenvalue weighted by atomic mass is 19.1. The SMILES string of the molecule is Cc1ccc(NC(=O)c2cccc(-n3cc(NC(=O)Nc4ccccc4F)cn3)c2)cn1. The molecular weight excluding hydrogens is 411 g/mol. The lowest BCUT2D eigenvalue weighted by Crippen LogP contribution is -2.19. The minimum atomic E-state index is -0.602. The zero-order valence-electron chi connectivity index (χ0n) is 17.0. The van der Waals surface area contributed by atoms with Gasteiger partial charge in [0, 0.05) is 11.3 Å². The summed E-state index contributed by atoms with van der Waals surface area (Å²) in [7, 11) is 0. The number of halogens is 1. The van der Waals surface area contributed by atoms with Crippen LogP contribution in [0.3, 0.4) is 0 Å². The number of carbonyl (C=O) groups is 2. The molecule has 4 aromatic rings. The quantitative estimate of drug-likeness (QED) is 0.430. The Balaban J connectivity index is 1.43. The molecule has 3 N–H and O–H groups in total. The summed E-state index contributed by atoms with van der Waals surface area (Å²) >= 11 is 0. The van der Waals surface area contributed by atoms with Crippen LogP contribution in [0.4, 0.5) is 26.2 Å². The first-order valence-corrected chi connectivity index (χ1v) is 9.69. The number of hydrogen-bond acceptors (Lipinski definition) is 4. The number of aromatic nitrogens is 3. The molecule has 0 unspecified atom stereocenters. The average Bonchev–Trinajstić information content (AvgIpc) is 3.25. The van der Waals surface area contributed by atoms with Crippen molar-refractivity contribution in [3.8, 4) is 5.69 Å². The van der Waals surface area contributed by atoms with Crippen LogP contribution in [0.2, 0.25) is 0 Å². The van der Waals surface area contributed by atoms with E-state index < -0.39 is 11.8 Å². The Morgan fingerprint density at radius 3 is 2.53 bits per heavy atom. The molecule has 3 amide bonds. The Kier molecular flexibility index (Phi) is 5.89. The highest BCUT2D eigenvalue weighted by molar-refractivity contribution is 6.04. The first-order chi connectivity index (χ1) is 15.5. The zero-order valence-corrected chi connectivity index (χ0v) is 17.0. The topological polar surface area (TPSA) is 101 Å². The zero-order chi connectivity index (χ0) is 22.5. The highest BCUT2D eigenvalue weighted by Crippen LogP contribution is 2.17. The second kappa shape index (κ2) is 9.09. The number of aryl methyl sites for hydroxylation is 1. The minimum Gasteiger partial charge on any atom is -0.321 e. The van der Waals surface area contributed by atoms with Gasteiger partial charge in [-0.3, -0.25) is 9.78 Å². The second-order valence-electron chi connectivity index (χ2n) is 6.93. The van der Waals surface area contributed by atoms with E-state index in [-0.39, 0.29) is 11.6 Å². The number of benzene rings is 2. The Labute approximate surface area is 183 Å². The molecule has 0 aliphatic carbocycles. The number of rotatable bonds is 5. The molecule has 0 radical (unpaired) electrons. The molecule has 0 atom stereocenters. The molecule has 0 aliphatic rings. The number of carbonyl (C=O) groups excluding carboxylic acids is 2. The molecule has 0 bridgehead atoms. The Hall–Kier alpha value is -4.53. The van der Waals surface area contributed by atoms with Crippen LogP contribution < -0.4 is 16.0 Å². The monoisotopic (exact) mass is 430 g/mol. The van der Waals surface area contributed by atoms with Crippen LogP contribution in [0.25, 0.3) is 5.69 Å². The van der Waals surface area contributed by atoms with E-state index in [0.29, 0.717) is 22.6 Å². The molecule has 2 aromatic carbocycles. The molecular formula is C23H19FN6O2. The van der Waals surface area contributed by atoms with Crippen molar-refractivity contribution in [2.24, 2.45) is 0 Å². The van der Waals surface area contributed by atoms with E-state index in [4.69, 9.17) is 0 Å². The molecule has 2 aromatic heterocycles. The third-order valence-electron chi connectivity index (χ3n) is 4.50. The first-order valence-electron chi connectivity index (χ1n) is 9.69. The van der Waals surface area contributed by atoms with Gasteiger partial charge >= 0.3 is 6.03 Å². The molecule has 32 heavy (non-hydrogen) atoms. The lowest BCUT2D eigenvalue weighted by atomic mass is 10.2. The Morgan fingerprint density at radius 2 is 1.75 bits per heavy atom. The van der Waals surface area contributed by atoms with Gasteiger partial charge in [0.2, 0.25) is 0 Å². The van der Waals surface area contributed by atoms with E-state index in [1.54, 1.807) is 48.8 Å². The number of hydrogen-bond donors (Lipinski definition) is 3. The summed E-state index contributed by atoms with van der Waals surface area (Å²) in [5, 5.41) is 12.0. The summed E-state index contributed by atoms with van der Waals surface area (Å²) in [5.41, 5.74) is 2.99. The summed E-state index contributed by atoms with van der Waals surface area (Å²) < 4.78 is 15.2. The van der Waals surface area contributed by atoms with Gasteiger partial charge < -0.3 is 16.0 Å². The molecule has 2 heterocycles. The van der Waals surface area contributed by atoms with Crippen LogP contribution in [0, 0.1) is 12.7 Å². The second-order valence-corrected chi connectivity index (χ2v) is 6.93. The van der Waals surface area contributed by atoms with Crippen LogP contribution in [0.15, 0.2) is 79.3 Å². The molecule has 160 valence electrons. The van der Waals surface area contributed by atoms with E-state index >= 15 is 0 Å². The van der Waals surface area contributed by atoms with Crippen LogP contribution >= 0.6 is 0 Å². The maximum atomic E-state index is 13.7. The molecule has 8 nitrogen and oxygen atoms in total. The number of urea groups is 1. The Bertz CT molecular complexity index is 1270. The molecule has 0 saturated heterocycles. The lowest BCUT2D eigenvalue weighted by Gasteiger charge is -2.08. The fourth-order valence-corrected chi connectivity index (χ4v) is 2.91. The first kappa shape index (κ1) is 20.7. The third kappa shape index (κ3) is 4.96. The van der Waals surface area contributed by atoms with Crippen molar-refractivity contribution in [1.82, 2.24) is 14.8 Å². The molecule has 0 aliphatic heterocycles. The van der Waals surface area contributed by atoms with Gasteiger partial charge in [-0.05, 0) is 49.4 Å². The lowest BCUT2D eigenvalue weighted by molar-refractivity contribution is 0.102. The van der Waals surface area contributed by atoms with Gasteiger partial charge in [-0.15, -0.1) is 0 Å². The van der Waals surface area contributed by atoms with E-state index in [9.17, 15) is 14.0 Å². The fourth-order valence-electron chi connectivity index (χ4n) is 2.91. The number of pyridine rings is 1. The number of amides is 3. The fraction of sp³-hybridized carbons (Fsp3) is 0.0435. The van der Waals surface area contributed by atoms with Crippen molar-refractivity contribution in [3.63, 3.8) is 0 Å². The summed E-state index contributed by atoms with van der Waals surface area (Å²) in [6.07, 6.45) is 4.63. The van der Waals surface area contributed by atoms with Crippen LogP contribution in [-0.4, -0.2) is 26.7 Å². The predicted molar refractivity (Wildman–Crippen MR) is 120 cm³/mol. The number of para-hydroxylation sites is 1. The van der Waals surface area contributed by atoms with Crippen LogP contribution in [-0.2, 0) is 0 Å². The molecule has 0 saturated carbocycles. The van der Waals surface area contributed by atoms with Crippen molar-refractivity contribution < 1.29 is 14.0 Å². The van der Waals surface area contributed by atoms with E-state index in [0.717, 1.165) is 5.69 Å². The predicted octanol–water partition coefficient (Wildman–Crippen LogP) is 4.61. The summed E-state index contributed by atoms with van der Waals surface area (Å²) in [6.45, 7) is 1.87. The molecule has 9 heteroatoms. The van der Waals surface area contributed by atoms with E-state index in [2.05, 4.69) is 26.0 Å². The highest BCUT2D eigenvalue weighted by Gasteiger charge is 2.11. The van der Waals surface area contributed by atoms with Crippen molar-refractivity contribution in [2.75, 3.05) is 16.0 Å². The smallest absolute Gasteiger partial charge is 0.321 e. The van der Waals surface area contributed by atoms with Gasteiger partial charge in [-0.2, -0.15) is 5.10 Å². The maximum Gasteiger partial charge on any atom is 0.323 e. The number of nitrogens with one attached hydrogen (secondary N) is 3. The van der Waals surface area contributed by atoms with Gasteiger partial charge in [0.15, 0.2) is 0 Å². The molecule has 0 spiro atoms. The number of nitrogens with zero attached hydrogens (tertiary/aromatic N) is 3. The standard InChI is InChI=1S/C23H19FN6O2/c1-15-9-10-17(12-25-15)27-22(31)16-5-4-6-19(11-16)30-14-18(13-26-30)28-23(32)29-21-8-3-2-7-20(21)24/h2-14H,1H3,(H,27,31)(H2,28,29,32). The van der Waals surface area contributed by atoms with Crippen molar-refractivity contribution in [3.05, 3.63) is 96.3 Å². The van der Waals surface area contributed by atoms with E-state index in [1.165, 1.54) is 29.1 Å². The van der Waals surface area contributed by atoms with Crippen molar-refractivity contribution >= 4 is 29.0 Å². The molecule has 4 rings (SSSR count). The van der Waals surface area contributed by atoms with Gasteiger partial charge in [-0.25, -0.2) is 13.9 Å². The number of anilines is 3. The summed E-state index contributed by atoms with van der Waals surface area (Å²) in [6, 6.07) is 15.7. The van der Waals surface area contributed by atoms with Crippen LogP contribution in [0.5, 0.6) is 0 Å². The maximum absolute atomic E-state index is 13.7. The van der Waals surface area contributed by atoms with Crippen molar-refractivity contribution in [1.29, 1.82) is 0 Å². The minimum absolute atomic E-state index is 0.0693. The normalized spacial score (nSPS) is 10.4.